The highest BCUT2D eigenvalue weighted by atomic mass is 16.5. The third-order valence-electron chi connectivity index (χ3n) is 7.90. The summed E-state index contributed by atoms with van der Waals surface area (Å²) in [7, 11) is 0. The Hall–Kier alpha value is -4.66. The lowest BCUT2D eigenvalue weighted by Crippen LogP contribution is -2.29. The minimum Gasteiger partial charge on any atom is -0.376 e. The molecule has 0 saturated heterocycles. The number of ether oxygens (including phenoxy) is 2. The van der Waals surface area contributed by atoms with Gasteiger partial charge in [0.2, 0.25) is 11.8 Å². The molecule has 8 nitrogen and oxygen atoms in total. The Balaban J connectivity index is 0.000000175. The zero-order valence-corrected chi connectivity index (χ0v) is 25.3. The largest absolute Gasteiger partial charge is 0.376 e. The number of amides is 2. The first-order valence-electron chi connectivity index (χ1n) is 15.0. The fourth-order valence-corrected chi connectivity index (χ4v) is 5.73. The van der Waals surface area contributed by atoms with Crippen LogP contribution in [0.15, 0.2) is 97.1 Å². The average Bonchev–Trinajstić information content (AvgIpc) is 3.01. The Morgan fingerprint density at radius 3 is 1.64 bits per heavy atom. The number of nitrogens with two attached hydrogens (primary N) is 2. The number of anilines is 4. The van der Waals surface area contributed by atoms with Crippen LogP contribution in [0, 0.1) is 0 Å². The molecule has 0 aliphatic carbocycles. The van der Waals surface area contributed by atoms with Crippen molar-refractivity contribution in [1.82, 2.24) is 0 Å². The van der Waals surface area contributed by atoms with Gasteiger partial charge in [-0.25, -0.2) is 0 Å². The molecule has 0 radical (unpaired) electrons. The van der Waals surface area contributed by atoms with Crippen molar-refractivity contribution in [3.63, 3.8) is 0 Å². The van der Waals surface area contributed by atoms with Gasteiger partial charge in [0, 0.05) is 59.8 Å². The van der Waals surface area contributed by atoms with Crippen LogP contribution in [0.5, 0.6) is 0 Å². The van der Waals surface area contributed by atoms with Gasteiger partial charge >= 0.3 is 0 Å². The summed E-state index contributed by atoms with van der Waals surface area (Å²) in [6.45, 7) is 6.97. The summed E-state index contributed by atoms with van der Waals surface area (Å²) >= 11 is 0. The van der Waals surface area contributed by atoms with Gasteiger partial charge in [0.1, 0.15) is 0 Å². The van der Waals surface area contributed by atoms with Crippen LogP contribution in [0.2, 0.25) is 0 Å². The Bertz CT molecular complexity index is 1580. The summed E-state index contributed by atoms with van der Waals surface area (Å²) < 4.78 is 11.7. The summed E-state index contributed by atoms with van der Waals surface area (Å²) in [6.07, 6.45) is 1.87. The number of hydrogen-bond acceptors (Lipinski definition) is 6. The van der Waals surface area contributed by atoms with E-state index in [-0.39, 0.29) is 12.2 Å². The van der Waals surface area contributed by atoms with Crippen molar-refractivity contribution in [2.24, 2.45) is 11.5 Å². The van der Waals surface area contributed by atoms with Gasteiger partial charge in [0.25, 0.3) is 0 Å². The van der Waals surface area contributed by atoms with Crippen LogP contribution in [0.1, 0.15) is 45.7 Å². The van der Waals surface area contributed by atoms with Crippen molar-refractivity contribution in [2.75, 3.05) is 36.1 Å². The van der Waals surface area contributed by atoms with Crippen molar-refractivity contribution in [3.05, 3.63) is 119 Å². The van der Waals surface area contributed by atoms with Gasteiger partial charge in [-0.2, -0.15) is 0 Å². The fourth-order valence-electron chi connectivity index (χ4n) is 5.73. The van der Waals surface area contributed by atoms with Gasteiger partial charge in [-0.15, -0.1) is 0 Å². The molecule has 2 aliphatic heterocycles. The Morgan fingerprint density at radius 1 is 0.614 bits per heavy atom. The summed E-state index contributed by atoms with van der Waals surface area (Å²) in [5, 5.41) is 0. The molecule has 2 aliphatic rings. The van der Waals surface area contributed by atoms with Gasteiger partial charge in [-0.1, -0.05) is 42.5 Å². The van der Waals surface area contributed by atoms with Gasteiger partial charge in [0.05, 0.1) is 25.4 Å². The van der Waals surface area contributed by atoms with Crippen LogP contribution in [0.3, 0.4) is 0 Å². The second-order valence-corrected chi connectivity index (χ2v) is 11.2. The molecular formula is C36H40N4O4. The highest BCUT2D eigenvalue weighted by Gasteiger charge is 2.21. The highest BCUT2D eigenvalue weighted by Crippen LogP contribution is 2.33. The molecule has 4 N–H and O–H groups in total. The lowest BCUT2D eigenvalue weighted by molar-refractivity contribution is 0.0701. The molecule has 0 aromatic heterocycles. The predicted molar refractivity (Wildman–Crippen MR) is 175 cm³/mol. The number of rotatable bonds is 4. The van der Waals surface area contributed by atoms with Gasteiger partial charge in [-0.3, -0.25) is 9.59 Å². The SMILES string of the molecule is CC1Cc2cc(C(N)=O)ccc2N(c2ccccc2)CCO1.CC1Cc2ccc(C(N)=O)cc2N(c2ccccc2)CCO1. The predicted octanol–water partition coefficient (Wildman–Crippen LogP) is 5.77. The van der Waals surface area contributed by atoms with E-state index in [1.54, 1.807) is 12.1 Å². The number of carbonyl (C=O) groups excluding carboxylic acids is 2. The Kier molecular flexibility index (Phi) is 9.94. The number of nitrogens with zero attached hydrogens (tertiary/aromatic N) is 2. The van der Waals surface area contributed by atoms with Gasteiger partial charge in [0.15, 0.2) is 0 Å². The molecule has 4 aromatic rings. The summed E-state index contributed by atoms with van der Waals surface area (Å²) in [5.41, 5.74) is 18.6. The summed E-state index contributed by atoms with van der Waals surface area (Å²) in [4.78, 5) is 27.4. The zero-order chi connectivity index (χ0) is 31.1. The van der Waals surface area contributed by atoms with Crippen molar-refractivity contribution >= 4 is 34.6 Å². The van der Waals surface area contributed by atoms with E-state index in [1.165, 1.54) is 5.56 Å². The van der Waals surface area contributed by atoms with E-state index in [0.29, 0.717) is 24.3 Å². The molecular weight excluding hydrogens is 552 g/mol. The molecule has 44 heavy (non-hydrogen) atoms. The maximum atomic E-state index is 11.5. The van der Waals surface area contributed by atoms with Crippen LogP contribution in [-0.4, -0.2) is 50.3 Å². The first kappa shape index (κ1) is 30.8. The van der Waals surface area contributed by atoms with Gasteiger partial charge < -0.3 is 30.7 Å². The second kappa shape index (κ2) is 14.2. The summed E-state index contributed by atoms with van der Waals surface area (Å²) in [5.74, 6) is -0.799. The normalized spacial score (nSPS) is 18.2. The maximum absolute atomic E-state index is 11.5. The third kappa shape index (κ3) is 7.45. The first-order chi connectivity index (χ1) is 21.3. The van der Waals surface area contributed by atoms with E-state index in [2.05, 4.69) is 47.9 Å². The van der Waals surface area contributed by atoms with E-state index in [1.807, 2.05) is 60.7 Å². The van der Waals surface area contributed by atoms with Crippen molar-refractivity contribution in [3.8, 4) is 0 Å². The van der Waals surface area contributed by atoms with Crippen LogP contribution in [-0.2, 0) is 22.3 Å². The smallest absolute Gasteiger partial charge is 0.248 e. The third-order valence-corrected chi connectivity index (χ3v) is 7.90. The van der Waals surface area contributed by atoms with E-state index in [9.17, 15) is 9.59 Å². The number of carbonyl (C=O) groups is 2. The lowest BCUT2D eigenvalue weighted by Gasteiger charge is -2.31. The minimum atomic E-state index is -0.401. The second-order valence-electron chi connectivity index (χ2n) is 11.2. The number of fused-ring (bicyclic) bond motifs is 2. The average molecular weight is 593 g/mol. The standard InChI is InChI=1S/2C18H20N2O2/c1-13-11-15-12-14(18(19)21)7-8-17(15)20(9-10-22-13)16-5-3-2-4-6-16;1-13-11-14-7-8-15(18(19)21)12-17(14)20(9-10-22-13)16-5-3-2-4-6-16/h2*2-8,12-13H,9-11H2,1H3,(H2,19,21). The summed E-state index contributed by atoms with van der Waals surface area (Å²) in [6, 6.07) is 31.7. The Morgan fingerprint density at radius 2 is 1.09 bits per heavy atom. The topological polar surface area (TPSA) is 111 Å². The molecule has 0 spiro atoms. The number of benzene rings is 4. The van der Waals surface area contributed by atoms with E-state index in [0.717, 1.165) is 54.2 Å². The van der Waals surface area contributed by atoms with Crippen LogP contribution < -0.4 is 21.3 Å². The maximum Gasteiger partial charge on any atom is 0.248 e. The molecule has 6 rings (SSSR count). The van der Waals surface area contributed by atoms with Crippen LogP contribution >= 0.6 is 0 Å². The quantitative estimate of drug-likeness (QED) is 0.311. The molecule has 0 fully saturated rings. The zero-order valence-electron chi connectivity index (χ0n) is 25.3. The molecule has 228 valence electrons. The van der Waals surface area contributed by atoms with Crippen LogP contribution in [0.4, 0.5) is 22.7 Å². The number of hydrogen-bond donors (Lipinski definition) is 2. The minimum absolute atomic E-state index is 0.125. The van der Waals surface area contributed by atoms with Crippen molar-refractivity contribution < 1.29 is 19.1 Å². The molecule has 0 saturated carbocycles. The molecule has 4 aromatic carbocycles. The highest BCUT2D eigenvalue weighted by molar-refractivity contribution is 5.94. The van der Waals surface area contributed by atoms with Crippen molar-refractivity contribution in [1.29, 1.82) is 0 Å². The lowest BCUT2D eigenvalue weighted by atomic mass is 10.0. The molecule has 2 heterocycles. The van der Waals surface area contributed by atoms with Crippen LogP contribution in [0.25, 0.3) is 0 Å². The monoisotopic (exact) mass is 592 g/mol. The molecule has 2 atom stereocenters. The number of para-hydroxylation sites is 2. The molecule has 2 amide bonds. The fraction of sp³-hybridized carbons (Fsp3) is 0.278. The van der Waals surface area contributed by atoms with Crippen molar-refractivity contribution in [2.45, 2.75) is 38.9 Å². The van der Waals surface area contributed by atoms with Gasteiger partial charge in [-0.05, 0) is 79.6 Å². The van der Waals surface area contributed by atoms with E-state index >= 15 is 0 Å². The van der Waals surface area contributed by atoms with E-state index < -0.39 is 11.8 Å². The molecule has 2 unspecified atom stereocenters. The van der Waals surface area contributed by atoms with E-state index in [4.69, 9.17) is 20.9 Å². The Labute approximate surface area is 259 Å². The number of primary amides is 2. The molecule has 8 heteroatoms. The first-order valence-corrected chi connectivity index (χ1v) is 15.0. The molecule has 0 bridgehead atoms.